The van der Waals surface area contributed by atoms with Crippen LogP contribution in [0.2, 0.25) is 0 Å². The van der Waals surface area contributed by atoms with E-state index in [0.29, 0.717) is 18.5 Å². The van der Waals surface area contributed by atoms with Gasteiger partial charge in [0.1, 0.15) is 0 Å². The van der Waals surface area contributed by atoms with Crippen LogP contribution in [0.5, 0.6) is 0 Å². The Balaban J connectivity index is 2.24. The van der Waals surface area contributed by atoms with Crippen LogP contribution in [0.15, 0.2) is 30.7 Å². The minimum Gasteiger partial charge on any atom is -0.396 e. The molecule has 0 saturated heterocycles. The maximum atomic E-state index is 12.1. The van der Waals surface area contributed by atoms with Crippen LogP contribution in [0.4, 0.5) is 10.1 Å². The third kappa shape index (κ3) is 2.18. The minimum absolute atomic E-state index is 0.348. The number of aromatic nitrogens is 3. The predicted octanol–water partition coefficient (Wildman–Crippen LogP) is 1.75. The number of nitrogen functional groups attached to an aromatic ring is 1. The molecule has 0 aliphatic carbocycles. The second kappa shape index (κ2) is 4.74. The normalized spacial score (nSPS) is 10.6. The third-order valence-corrected chi connectivity index (χ3v) is 2.28. The Labute approximate surface area is 92.9 Å². The molecule has 0 spiro atoms. The molecule has 0 aliphatic rings. The van der Waals surface area contributed by atoms with Crippen molar-refractivity contribution in [3.05, 3.63) is 36.4 Å². The molecule has 16 heavy (non-hydrogen) atoms. The first-order valence-corrected chi connectivity index (χ1v) is 5.11. The van der Waals surface area contributed by atoms with Gasteiger partial charge >= 0.3 is 0 Å². The maximum absolute atomic E-state index is 12.1. The van der Waals surface area contributed by atoms with E-state index < -0.39 is 0 Å². The summed E-state index contributed by atoms with van der Waals surface area (Å²) in [6.07, 6.45) is 6.14. The fourth-order valence-electron chi connectivity index (χ4n) is 1.47. The molecule has 0 amide bonds. The lowest BCUT2D eigenvalue weighted by Crippen LogP contribution is -1.97. The fraction of sp³-hybridized carbons (Fsp3) is 0.273. The molecular formula is C11H13FN4. The first-order valence-electron chi connectivity index (χ1n) is 5.11. The number of anilines is 1. The summed E-state index contributed by atoms with van der Waals surface area (Å²) < 4.78 is 13.7. The molecule has 0 atom stereocenters. The first kappa shape index (κ1) is 10.6. The van der Waals surface area contributed by atoms with Gasteiger partial charge in [-0.1, -0.05) is 0 Å². The zero-order valence-electron chi connectivity index (χ0n) is 8.81. The largest absolute Gasteiger partial charge is 0.396 e. The van der Waals surface area contributed by atoms with E-state index in [1.807, 2.05) is 12.1 Å². The highest BCUT2D eigenvalue weighted by Gasteiger charge is 2.06. The Morgan fingerprint density at radius 1 is 1.44 bits per heavy atom. The average molecular weight is 220 g/mol. The van der Waals surface area contributed by atoms with Crippen molar-refractivity contribution in [1.82, 2.24) is 14.8 Å². The van der Waals surface area contributed by atoms with Gasteiger partial charge in [0, 0.05) is 6.20 Å². The van der Waals surface area contributed by atoms with Crippen molar-refractivity contribution < 1.29 is 4.39 Å². The number of alkyl halides is 1. The molecule has 0 unspecified atom stereocenters. The van der Waals surface area contributed by atoms with Crippen molar-refractivity contribution in [2.24, 2.45) is 0 Å². The average Bonchev–Trinajstić information content (AvgIpc) is 2.69. The second-order valence-corrected chi connectivity index (χ2v) is 3.48. The smallest absolute Gasteiger partial charge is 0.0898 e. The molecule has 4 nitrogen and oxygen atoms in total. The standard InChI is InChI=1S/C11H13FN4/c12-5-1-4-11-10(13)8-16(15-11)9-3-2-6-14-7-9/h2-3,6-8H,1,4-5,13H2. The quantitative estimate of drug-likeness (QED) is 0.854. The molecule has 2 heterocycles. The van der Waals surface area contributed by atoms with Gasteiger partial charge in [-0.2, -0.15) is 5.10 Å². The van der Waals surface area contributed by atoms with Crippen LogP contribution < -0.4 is 5.73 Å². The lowest BCUT2D eigenvalue weighted by molar-refractivity contribution is 0.471. The summed E-state index contributed by atoms with van der Waals surface area (Å²) >= 11 is 0. The van der Waals surface area contributed by atoms with Gasteiger partial charge in [-0.25, -0.2) is 4.68 Å². The van der Waals surface area contributed by atoms with E-state index in [-0.39, 0.29) is 6.67 Å². The van der Waals surface area contributed by atoms with Crippen LogP contribution in [-0.4, -0.2) is 21.4 Å². The number of pyridine rings is 1. The van der Waals surface area contributed by atoms with E-state index in [1.165, 1.54) is 0 Å². The highest BCUT2D eigenvalue weighted by atomic mass is 19.1. The van der Waals surface area contributed by atoms with Gasteiger partial charge in [0.15, 0.2) is 0 Å². The van der Waals surface area contributed by atoms with Crippen molar-refractivity contribution >= 4 is 5.69 Å². The van der Waals surface area contributed by atoms with Crippen LogP contribution in [0, 0.1) is 0 Å². The zero-order valence-corrected chi connectivity index (χ0v) is 8.81. The molecule has 0 radical (unpaired) electrons. The number of rotatable bonds is 4. The van der Waals surface area contributed by atoms with Crippen LogP contribution in [-0.2, 0) is 6.42 Å². The lowest BCUT2D eigenvalue weighted by Gasteiger charge is -1.98. The number of nitrogens with two attached hydrogens (primary N) is 1. The summed E-state index contributed by atoms with van der Waals surface area (Å²) in [6, 6.07) is 3.72. The van der Waals surface area contributed by atoms with Crippen LogP contribution in [0.1, 0.15) is 12.1 Å². The molecular weight excluding hydrogens is 207 g/mol. The topological polar surface area (TPSA) is 56.7 Å². The predicted molar refractivity (Wildman–Crippen MR) is 60.1 cm³/mol. The zero-order chi connectivity index (χ0) is 11.4. The molecule has 2 aromatic heterocycles. The number of nitrogens with zero attached hydrogens (tertiary/aromatic N) is 3. The van der Waals surface area contributed by atoms with Gasteiger partial charge in [0.05, 0.1) is 36.1 Å². The van der Waals surface area contributed by atoms with Crippen molar-refractivity contribution in [2.75, 3.05) is 12.4 Å². The monoisotopic (exact) mass is 220 g/mol. The Hall–Kier alpha value is -1.91. The molecule has 0 bridgehead atoms. The molecule has 5 heteroatoms. The number of hydrogen-bond acceptors (Lipinski definition) is 3. The lowest BCUT2D eigenvalue weighted by atomic mass is 10.2. The highest BCUT2D eigenvalue weighted by Crippen LogP contribution is 2.14. The molecule has 0 aromatic carbocycles. The summed E-state index contributed by atoms with van der Waals surface area (Å²) in [5, 5.41) is 4.30. The maximum Gasteiger partial charge on any atom is 0.0898 e. The summed E-state index contributed by atoms with van der Waals surface area (Å²) in [4.78, 5) is 4.00. The first-order chi connectivity index (χ1) is 7.81. The summed E-state index contributed by atoms with van der Waals surface area (Å²) in [5.41, 5.74) is 7.97. The van der Waals surface area contributed by atoms with E-state index in [9.17, 15) is 4.39 Å². The highest BCUT2D eigenvalue weighted by molar-refractivity contribution is 5.43. The fourth-order valence-corrected chi connectivity index (χ4v) is 1.47. The number of aryl methyl sites for hydroxylation is 1. The van der Waals surface area contributed by atoms with Gasteiger partial charge in [0.2, 0.25) is 0 Å². The van der Waals surface area contributed by atoms with Gasteiger partial charge in [-0.3, -0.25) is 9.37 Å². The summed E-state index contributed by atoms with van der Waals surface area (Å²) in [5.74, 6) is 0. The molecule has 2 aromatic rings. The van der Waals surface area contributed by atoms with E-state index in [4.69, 9.17) is 5.73 Å². The Morgan fingerprint density at radius 2 is 2.31 bits per heavy atom. The Kier molecular flexibility index (Phi) is 3.14. The van der Waals surface area contributed by atoms with Crippen molar-refractivity contribution in [3.8, 4) is 5.69 Å². The van der Waals surface area contributed by atoms with Gasteiger partial charge < -0.3 is 5.73 Å². The van der Waals surface area contributed by atoms with Crippen LogP contribution >= 0.6 is 0 Å². The van der Waals surface area contributed by atoms with Gasteiger partial charge in [0.25, 0.3) is 0 Å². The van der Waals surface area contributed by atoms with Crippen LogP contribution in [0.25, 0.3) is 5.69 Å². The van der Waals surface area contributed by atoms with E-state index >= 15 is 0 Å². The van der Waals surface area contributed by atoms with Crippen molar-refractivity contribution in [2.45, 2.75) is 12.8 Å². The number of halogens is 1. The van der Waals surface area contributed by atoms with E-state index in [1.54, 1.807) is 23.3 Å². The van der Waals surface area contributed by atoms with E-state index in [0.717, 1.165) is 11.4 Å². The number of hydrogen-bond donors (Lipinski definition) is 1. The molecule has 0 aliphatic heterocycles. The van der Waals surface area contributed by atoms with E-state index in [2.05, 4.69) is 10.1 Å². The van der Waals surface area contributed by atoms with Crippen molar-refractivity contribution in [3.63, 3.8) is 0 Å². The Morgan fingerprint density at radius 3 is 3.00 bits per heavy atom. The summed E-state index contributed by atoms with van der Waals surface area (Å²) in [6.45, 7) is -0.348. The minimum atomic E-state index is -0.348. The van der Waals surface area contributed by atoms with Gasteiger partial charge in [-0.15, -0.1) is 0 Å². The summed E-state index contributed by atoms with van der Waals surface area (Å²) in [7, 11) is 0. The molecule has 2 N–H and O–H groups in total. The molecule has 2 rings (SSSR count). The SMILES string of the molecule is Nc1cn(-c2cccnc2)nc1CCCF. The molecule has 84 valence electrons. The Bertz CT molecular complexity index is 452. The second-order valence-electron chi connectivity index (χ2n) is 3.48. The third-order valence-electron chi connectivity index (χ3n) is 2.28. The van der Waals surface area contributed by atoms with Gasteiger partial charge in [-0.05, 0) is 25.0 Å². The van der Waals surface area contributed by atoms with Crippen LogP contribution in [0.3, 0.4) is 0 Å². The molecule has 0 saturated carbocycles. The van der Waals surface area contributed by atoms with Crippen molar-refractivity contribution in [1.29, 1.82) is 0 Å². The molecule has 0 fully saturated rings.